The van der Waals surface area contributed by atoms with Crippen LogP contribution in [0, 0.1) is 19.8 Å². The van der Waals surface area contributed by atoms with Crippen LogP contribution in [0.5, 0.6) is 5.75 Å². The second-order valence-electron chi connectivity index (χ2n) is 9.32. The van der Waals surface area contributed by atoms with E-state index in [2.05, 4.69) is 69.3 Å². The number of likely N-dealkylation sites (tertiary alicyclic amines) is 1. The fourth-order valence-corrected chi connectivity index (χ4v) is 4.82. The second-order valence-corrected chi connectivity index (χ2v) is 9.32. The number of hydrogen-bond acceptors (Lipinski definition) is 1. The topological polar surface area (TPSA) is 9.23 Å². The quantitative estimate of drug-likeness (QED) is 0.431. The molecule has 0 radical (unpaired) electrons. The first-order chi connectivity index (χ1) is 14.1. The normalized spacial score (nSPS) is 17.5. The highest BCUT2D eigenvalue weighted by Gasteiger charge is 2.29. The smallest absolute Gasteiger partial charge is 0.125 e. The summed E-state index contributed by atoms with van der Waals surface area (Å²) >= 11 is 0. The maximum absolute atomic E-state index is 6.17. The maximum Gasteiger partial charge on any atom is 0.125 e. The van der Waals surface area contributed by atoms with Gasteiger partial charge >= 0.3 is 0 Å². The molecule has 1 fully saturated rings. The number of hydrogen-bond donors (Lipinski definition) is 0. The fraction of sp³-hybridized carbons (Fsp3) is 0.556. The van der Waals surface area contributed by atoms with Crippen molar-refractivity contribution in [1.82, 2.24) is 0 Å². The van der Waals surface area contributed by atoms with E-state index >= 15 is 0 Å². The zero-order chi connectivity index (χ0) is 20.5. The van der Waals surface area contributed by atoms with Gasteiger partial charge in [0.2, 0.25) is 0 Å². The van der Waals surface area contributed by atoms with E-state index in [0.29, 0.717) is 5.92 Å². The van der Waals surface area contributed by atoms with Gasteiger partial charge in [-0.3, -0.25) is 0 Å². The summed E-state index contributed by atoms with van der Waals surface area (Å²) in [5.41, 5.74) is 3.99. The van der Waals surface area contributed by atoms with Gasteiger partial charge in [-0.25, -0.2) is 0 Å². The number of quaternary nitrogens is 1. The number of benzene rings is 2. The highest BCUT2D eigenvalue weighted by atomic mass is 16.5. The van der Waals surface area contributed by atoms with Gasteiger partial charge in [-0.2, -0.15) is 0 Å². The Morgan fingerprint density at radius 2 is 1.48 bits per heavy atom. The molecule has 0 spiro atoms. The van der Waals surface area contributed by atoms with E-state index in [4.69, 9.17) is 4.74 Å². The predicted molar refractivity (Wildman–Crippen MR) is 123 cm³/mol. The van der Waals surface area contributed by atoms with Crippen LogP contribution in [-0.4, -0.2) is 30.7 Å². The van der Waals surface area contributed by atoms with Crippen LogP contribution in [0.1, 0.15) is 62.1 Å². The molecule has 0 saturated carbocycles. The third-order valence-corrected chi connectivity index (χ3v) is 6.74. The molecule has 2 aromatic carbocycles. The van der Waals surface area contributed by atoms with Crippen molar-refractivity contribution >= 4 is 0 Å². The first-order valence-electron chi connectivity index (χ1n) is 11.7. The minimum absolute atomic E-state index is 0.702. The average molecular weight is 395 g/mol. The van der Waals surface area contributed by atoms with Crippen molar-refractivity contribution in [3.05, 3.63) is 65.2 Å². The van der Waals surface area contributed by atoms with E-state index < -0.39 is 0 Å². The molecule has 1 aliphatic rings. The first kappa shape index (κ1) is 21.9. The average Bonchev–Trinajstić information content (AvgIpc) is 2.95. The van der Waals surface area contributed by atoms with Crippen molar-refractivity contribution in [2.24, 2.45) is 5.92 Å². The summed E-state index contributed by atoms with van der Waals surface area (Å²) in [6, 6.07) is 17.5. The SMILES string of the molecule is Cc1cccc(C)c1OCCC(C)CC[N+]1(Cc2ccccc2)CCCCCC1. The monoisotopic (exact) mass is 394 g/mol. The zero-order valence-corrected chi connectivity index (χ0v) is 18.8. The molecule has 2 heteroatoms. The number of aryl methyl sites for hydroxylation is 2. The molecule has 1 aliphatic heterocycles. The van der Waals surface area contributed by atoms with E-state index in [1.165, 1.54) is 79.5 Å². The van der Waals surface area contributed by atoms with Crippen molar-refractivity contribution in [2.45, 2.75) is 65.8 Å². The van der Waals surface area contributed by atoms with Crippen LogP contribution in [-0.2, 0) is 6.54 Å². The van der Waals surface area contributed by atoms with Gasteiger partial charge in [0, 0.05) is 5.56 Å². The summed E-state index contributed by atoms with van der Waals surface area (Å²) in [5.74, 6) is 1.79. The third kappa shape index (κ3) is 6.60. The Hall–Kier alpha value is -1.80. The zero-order valence-electron chi connectivity index (χ0n) is 18.8. The van der Waals surface area contributed by atoms with Crippen LogP contribution in [0.4, 0.5) is 0 Å². The molecule has 2 nitrogen and oxygen atoms in total. The number of ether oxygens (including phenoxy) is 1. The largest absolute Gasteiger partial charge is 0.493 e. The summed E-state index contributed by atoms with van der Waals surface area (Å²) in [6.45, 7) is 12.7. The Morgan fingerprint density at radius 1 is 0.828 bits per heavy atom. The van der Waals surface area contributed by atoms with Gasteiger partial charge in [-0.15, -0.1) is 0 Å². The van der Waals surface area contributed by atoms with Gasteiger partial charge in [0.05, 0.1) is 26.2 Å². The molecule has 0 N–H and O–H groups in total. The van der Waals surface area contributed by atoms with E-state index in [1.807, 2.05) is 0 Å². The molecule has 2 aromatic rings. The Bertz CT molecular complexity index is 711. The van der Waals surface area contributed by atoms with Gasteiger partial charge in [-0.05, 0) is 69.4 Å². The van der Waals surface area contributed by atoms with Crippen LogP contribution < -0.4 is 4.74 Å². The summed E-state index contributed by atoms with van der Waals surface area (Å²) in [7, 11) is 0. The highest BCUT2D eigenvalue weighted by Crippen LogP contribution is 2.26. The second kappa shape index (κ2) is 10.8. The molecule has 1 saturated heterocycles. The maximum atomic E-state index is 6.17. The van der Waals surface area contributed by atoms with Gasteiger partial charge in [0.15, 0.2) is 0 Å². The lowest BCUT2D eigenvalue weighted by molar-refractivity contribution is -0.940. The Labute approximate surface area is 178 Å². The van der Waals surface area contributed by atoms with Gasteiger partial charge < -0.3 is 9.22 Å². The summed E-state index contributed by atoms with van der Waals surface area (Å²) in [6.07, 6.45) is 8.03. The van der Waals surface area contributed by atoms with Crippen molar-refractivity contribution in [2.75, 3.05) is 26.2 Å². The van der Waals surface area contributed by atoms with Crippen LogP contribution in [0.25, 0.3) is 0 Å². The number of para-hydroxylation sites is 1. The van der Waals surface area contributed by atoms with E-state index in [9.17, 15) is 0 Å². The molecule has 0 bridgehead atoms. The molecule has 158 valence electrons. The standard InChI is InChI=1S/C27H40NO/c1-23(17-21-29-27-24(2)12-11-13-25(27)3)16-20-28(18-9-4-5-10-19-28)22-26-14-7-6-8-15-26/h6-8,11-15,23H,4-5,9-10,16-22H2,1-3H3/q+1. The summed E-state index contributed by atoms with van der Waals surface area (Å²) < 4.78 is 7.45. The number of nitrogens with zero attached hydrogens (tertiary/aromatic N) is 1. The van der Waals surface area contributed by atoms with Crippen molar-refractivity contribution in [3.63, 3.8) is 0 Å². The van der Waals surface area contributed by atoms with Crippen LogP contribution in [0.2, 0.25) is 0 Å². The summed E-state index contributed by atoms with van der Waals surface area (Å²) in [5, 5.41) is 0. The minimum atomic E-state index is 0.702. The molecule has 0 amide bonds. The van der Waals surface area contributed by atoms with Gasteiger partial charge in [-0.1, -0.05) is 55.5 Å². The van der Waals surface area contributed by atoms with Gasteiger partial charge in [0.25, 0.3) is 0 Å². The molecule has 1 atom stereocenters. The number of rotatable bonds is 9. The van der Waals surface area contributed by atoms with Crippen LogP contribution in [0.15, 0.2) is 48.5 Å². The Kier molecular flexibility index (Phi) is 8.18. The minimum Gasteiger partial charge on any atom is -0.493 e. The van der Waals surface area contributed by atoms with Gasteiger partial charge in [0.1, 0.15) is 12.3 Å². The molecule has 3 rings (SSSR count). The predicted octanol–water partition coefficient (Wildman–Crippen LogP) is 6.69. The van der Waals surface area contributed by atoms with E-state index in [1.54, 1.807) is 0 Å². The van der Waals surface area contributed by atoms with E-state index in [0.717, 1.165) is 18.8 Å². The molecule has 1 unspecified atom stereocenters. The van der Waals surface area contributed by atoms with Crippen molar-refractivity contribution < 1.29 is 9.22 Å². The lowest BCUT2D eigenvalue weighted by Crippen LogP contribution is -2.49. The molecule has 0 aromatic heterocycles. The van der Waals surface area contributed by atoms with E-state index in [-0.39, 0.29) is 0 Å². The van der Waals surface area contributed by atoms with Crippen LogP contribution in [0.3, 0.4) is 0 Å². The molecule has 29 heavy (non-hydrogen) atoms. The van der Waals surface area contributed by atoms with Crippen molar-refractivity contribution in [1.29, 1.82) is 0 Å². The lowest BCUT2D eigenvalue weighted by atomic mass is 10.0. The fourth-order valence-electron chi connectivity index (χ4n) is 4.82. The third-order valence-electron chi connectivity index (χ3n) is 6.74. The van der Waals surface area contributed by atoms with Crippen LogP contribution >= 0.6 is 0 Å². The molecule has 0 aliphatic carbocycles. The Morgan fingerprint density at radius 3 is 2.14 bits per heavy atom. The molecule has 1 heterocycles. The highest BCUT2D eigenvalue weighted by molar-refractivity contribution is 5.39. The Balaban J connectivity index is 1.53. The molecular formula is C27H40NO+. The first-order valence-corrected chi connectivity index (χ1v) is 11.7. The summed E-state index contributed by atoms with van der Waals surface area (Å²) in [4.78, 5) is 0. The lowest BCUT2D eigenvalue weighted by Gasteiger charge is -2.39. The van der Waals surface area contributed by atoms with Crippen molar-refractivity contribution in [3.8, 4) is 5.75 Å². The molecular weight excluding hydrogens is 354 g/mol.